The number of pyridine rings is 2. The quantitative estimate of drug-likeness (QED) is 0.449. The smallest absolute Gasteiger partial charge is 0.152 e. The number of rotatable bonds is 2. The average molecular weight is 384 g/mol. The number of hydrogen-bond acceptors (Lipinski definition) is 6. The summed E-state index contributed by atoms with van der Waals surface area (Å²) in [6.45, 7) is 0. The lowest BCUT2D eigenvalue weighted by molar-refractivity contribution is 1.05. The molecule has 0 fully saturated rings. The number of nitrogens with two attached hydrogens (primary N) is 3. The maximum atomic E-state index is 9.46. The standard InChI is InChI=1S/C21H16N6S/c22-11-14-17(23)16-18(24)15(12-7-3-1-4-8-12)21(28)27(20(16)26-19(14)25)13-9-5-2-6-10-13/h1-10H,24H2,(H4,23,25,26). The fraction of sp³-hybridized carbons (Fsp3) is 0. The molecule has 28 heavy (non-hydrogen) atoms. The van der Waals surface area contributed by atoms with Crippen LogP contribution in [0.3, 0.4) is 0 Å². The first-order chi connectivity index (χ1) is 13.5. The fourth-order valence-electron chi connectivity index (χ4n) is 3.30. The Morgan fingerprint density at radius 1 is 0.893 bits per heavy atom. The molecule has 2 heterocycles. The molecule has 0 saturated carbocycles. The molecular formula is C21H16N6S. The number of fused-ring (bicyclic) bond motifs is 1. The molecule has 0 bridgehead atoms. The van der Waals surface area contributed by atoms with Crippen LogP contribution in [0.5, 0.6) is 0 Å². The first-order valence-electron chi connectivity index (χ1n) is 8.48. The highest BCUT2D eigenvalue weighted by molar-refractivity contribution is 7.71. The highest BCUT2D eigenvalue weighted by Gasteiger charge is 2.21. The molecule has 0 spiro atoms. The molecule has 0 unspecified atom stereocenters. The Balaban J connectivity index is 2.28. The third kappa shape index (κ3) is 2.55. The van der Waals surface area contributed by atoms with Crippen LogP contribution in [0.1, 0.15) is 5.56 Å². The Morgan fingerprint density at radius 2 is 1.50 bits per heavy atom. The van der Waals surface area contributed by atoms with Crippen LogP contribution in [0.4, 0.5) is 17.2 Å². The van der Waals surface area contributed by atoms with Crippen LogP contribution in [-0.4, -0.2) is 9.55 Å². The Morgan fingerprint density at radius 3 is 2.11 bits per heavy atom. The summed E-state index contributed by atoms with van der Waals surface area (Å²) in [5.41, 5.74) is 22.2. The molecule has 136 valence electrons. The molecule has 0 aliphatic rings. The van der Waals surface area contributed by atoms with Gasteiger partial charge in [0.15, 0.2) is 5.65 Å². The number of para-hydroxylation sites is 1. The minimum absolute atomic E-state index is 0.0402. The van der Waals surface area contributed by atoms with Gasteiger partial charge in [0.05, 0.1) is 16.8 Å². The highest BCUT2D eigenvalue weighted by atomic mass is 32.1. The van der Waals surface area contributed by atoms with E-state index in [9.17, 15) is 5.26 Å². The fourth-order valence-corrected chi connectivity index (χ4v) is 3.72. The van der Waals surface area contributed by atoms with E-state index in [2.05, 4.69) is 4.98 Å². The predicted molar refractivity (Wildman–Crippen MR) is 115 cm³/mol. The third-order valence-corrected chi connectivity index (χ3v) is 4.99. The number of nitrogen functional groups attached to an aromatic ring is 3. The molecule has 2 aromatic carbocycles. The number of nitriles is 1. The maximum absolute atomic E-state index is 9.46. The molecule has 7 heteroatoms. The Labute approximate surface area is 166 Å². The van der Waals surface area contributed by atoms with Gasteiger partial charge in [-0.1, -0.05) is 60.7 Å². The number of nitrogens with zero attached hydrogens (tertiary/aromatic N) is 3. The normalized spacial score (nSPS) is 10.7. The lowest BCUT2D eigenvalue weighted by atomic mass is 10.0. The number of benzene rings is 2. The SMILES string of the molecule is N#Cc1c(N)nc2c(c1N)c(N)c(-c1ccccc1)c(=S)n2-c1ccccc1. The van der Waals surface area contributed by atoms with E-state index in [0.717, 1.165) is 11.3 Å². The first-order valence-corrected chi connectivity index (χ1v) is 8.89. The molecule has 0 atom stereocenters. The summed E-state index contributed by atoms with van der Waals surface area (Å²) < 4.78 is 2.27. The summed E-state index contributed by atoms with van der Waals surface area (Å²) in [5, 5.41) is 9.92. The molecule has 0 saturated heterocycles. The van der Waals surface area contributed by atoms with Crippen molar-refractivity contribution in [1.29, 1.82) is 5.26 Å². The summed E-state index contributed by atoms with van der Waals surface area (Å²) in [6.07, 6.45) is 0. The van der Waals surface area contributed by atoms with Gasteiger partial charge in [-0.25, -0.2) is 4.98 Å². The van der Waals surface area contributed by atoms with Crippen molar-refractivity contribution in [3.8, 4) is 22.9 Å². The summed E-state index contributed by atoms with van der Waals surface area (Å²) in [5.74, 6) is 0.0402. The third-order valence-electron chi connectivity index (χ3n) is 4.60. The largest absolute Gasteiger partial charge is 0.397 e. The zero-order valence-electron chi connectivity index (χ0n) is 14.8. The van der Waals surface area contributed by atoms with E-state index >= 15 is 0 Å². The minimum atomic E-state index is 0.0402. The second-order valence-corrected chi connectivity index (χ2v) is 6.61. The van der Waals surface area contributed by atoms with Gasteiger partial charge in [0.25, 0.3) is 0 Å². The molecular weight excluding hydrogens is 368 g/mol. The summed E-state index contributed by atoms with van der Waals surface area (Å²) in [6, 6.07) is 21.1. The van der Waals surface area contributed by atoms with Gasteiger partial charge in [-0.3, -0.25) is 4.57 Å². The van der Waals surface area contributed by atoms with Crippen molar-refractivity contribution >= 4 is 40.4 Å². The number of aromatic nitrogens is 2. The van der Waals surface area contributed by atoms with E-state index in [1.165, 1.54) is 0 Å². The lowest BCUT2D eigenvalue weighted by Crippen LogP contribution is -2.11. The molecule has 0 amide bonds. The van der Waals surface area contributed by atoms with Gasteiger partial charge in [0.2, 0.25) is 0 Å². The Hall–Kier alpha value is -3.89. The van der Waals surface area contributed by atoms with Gasteiger partial charge in [0, 0.05) is 11.3 Å². The van der Waals surface area contributed by atoms with Crippen LogP contribution >= 0.6 is 12.2 Å². The maximum Gasteiger partial charge on any atom is 0.152 e. The van der Waals surface area contributed by atoms with Crippen LogP contribution in [0.2, 0.25) is 0 Å². The van der Waals surface area contributed by atoms with Crippen LogP contribution in [0, 0.1) is 16.0 Å². The van der Waals surface area contributed by atoms with E-state index in [1.807, 2.05) is 66.7 Å². The molecule has 4 aromatic rings. The molecule has 4 rings (SSSR count). The van der Waals surface area contributed by atoms with E-state index in [0.29, 0.717) is 26.9 Å². The monoisotopic (exact) mass is 384 g/mol. The summed E-state index contributed by atoms with van der Waals surface area (Å²) in [4.78, 5) is 4.43. The van der Waals surface area contributed by atoms with Crippen molar-refractivity contribution in [3.05, 3.63) is 70.9 Å². The van der Waals surface area contributed by atoms with Crippen LogP contribution < -0.4 is 17.2 Å². The van der Waals surface area contributed by atoms with E-state index in [-0.39, 0.29) is 17.1 Å². The first kappa shape index (κ1) is 17.5. The summed E-state index contributed by atoms with van der Waals surface area (Å²) in [7, 11) is 0. The summed E-state index contributed by atoms with van der Waals surface area (Å²) >= 11 is 5.82. The van der Waals surface area contributed by atoms with Crippen molar-refractivity contribution in [3.63, 3.8) is 0 Å². The zero-order chi connectivity index (χ0) is 19.8. The van der Waals surface area contributed by atoms with Gasteiger partial charge in [-0.05, 0) is 17.7 Å². The second-order valence-electron chi connectivity index (χ2n) is 6.23. The molecule has 0 radical (unpaired) electrons. The average Bonchev–Trinajstić information content (AvgIpc) is 2.69. The second kappa shape index (κ2) is 6.68. The molecule has 2 aromatic heterocycles. The van der Waals surface area contributed by atoms with Gasteiger partial charge in [-0.2, -0.15) is 5.26 Å². The van der Waals surface area contributed by atoms with Crippen LogP contribution in [0.25, 0.3) is 27.8 Å². The van der Waals surface area contributed by atoms with Crippen LogP contribution in [-0.2, 0) is 0 Å². The van der Waals surface area contributed by atoms with Crippen molar-refractivity contribution in [1.82, 2.24) is 9.55 Å². The van der Waals surface area contributed by atoms with Gasteiger partial charge >= 0.3 is 0 Å². The van der Waals surface area contributed by atoms with Gasteiger partial charge in [0.1, 0.15) is 22.1 Å². The minimum Gasteiger partial charge on any atom is -0.397 e. The predicted octanol–water partition coefficient (Wildman–Crippen LogP) is 4.04. The van der Waals surface area contributed by atoms with E-state index in [1.54, 1.807) is 4.57 Å². The topological polar surface area (TPSA) is 120 Å². The van der Waals surface area contributed by atoms with Crippen molar-refractivity contribution in [2.45, 2.75) is 0 Å². The number of anilines is 3. The number of hydrogen-bond donors (Lipinski definition) is 3. The Bertz CT molecular complexity index is 1300. The van der Waals surface area contributed by atoms with Crippen LogP contribution in [0.15, 0.2) is 60.7 Å². The zero-order valence-corrected chi connectivity index (χ0v) is 15.6. The van der Waals surface area contributed by atoms with Crippen molar-refractivity contribution in [2.24, 2.45) is 0 Å². The molecule has 0 aliphatic heterocycles. The highest BCUT2D eigenvalue weighted by Crippen LogP contribution is 2.39. The molecule has 0 aliphatic carbocycles. The van der Waals surface area contributed by atoms with E-state index < -0.39 is 0 Å². The van der Waals surface area contributed by atoms with Crippen molar-refractivity contribution < 1.29 is 0 Å². The molecule has 6 N–H and O–H groups in total. The van der Waals surface area contributed by atoms with E-state index in [4.69, 9.17) is 29.4 Å². The van der Waals surface area contributed by atoms with Gasteiger partial charge < -0.3 is 17.2 Å². The van der Waals surface area contributed by atoms with Gasteiger partial charge in [-0.15, -0.1) is 0 Å². The Kier molecular flexibility index (Phi) is 4.18. The van der Waals surface area contributed by atoms with Crippen molar-refractivity contribution in [2.75, 3.05) is 17.2 Å². The lowest BCUT2D eigenvalue weighted by Gasteiger charge is -2.19. The molecule has 6 nitrogen and oxygen atoms in total.